The molecule has 6 heteroatoms. The Kier molecular flexibility index (Phi) is 6.82. The Morgan fingerprint density at radius 1 is 1.05 bits per heavy atom. The topological polar surface area (TPSA) is 89.9 Å². The van der Waals surface area contributed by atoms with Gasteiger partial charge in [0.25, 0.3) is 0 Å². The Labute approximate surface area is 128 Å². The molecule has 1 aromatic rings. The van der Waals surface area contributed by atoms with Crippen molar-refractivity contribution < 1.29 is 29.0 Å². The largest absolute Gasteiger partial charge is 0.478 e. The summed E-state index contributed by atoms with van der Waals surface area (Å²) in [5.41, 5.74) is 0.253. The zero-order valence-corrected chi connectivity index (χ0v) is 12.3. The average Bonchev–Trinajstić information content (AvgIpc) is 2.49. The summed E-state index contributed by atoms with van der Waals surface area (Å²) in [6.07, 6.45) is 1.04. The van der Waals surface area contributed by atoms with Crippen LogP contribution in [0.3, 0.4) is 0 Å². The summed E-state index contributed by atoms with van der Waals surface area (Å²) in [7, 11) is 0. The van der Waals surface area contributed by atoms with Crippen molar-refractivity contribution in [2.24, 2.45) is 0 Å². The van der Waals surface area contributed by atoms with Crippen LogP contribution >= 0.6 is 0 Å². The summed E-state index contributed by atoms with van der Waals surface area (Å²) < 4.78 is 9.90. The Bertz CT molecular complexity index is 576. The SMILES string of the molecule is C=C(C)C(=O)OCCCCOC(=O)c1ccccc1C(=O)O. The first-order chi connectivity index (χ1) is 10.4. The predicted octanol–water partition coefficient (Wildman–Crippen LogP) is 2.44. The molecule has 0 amide bonds. The van der Waals surface area contributed by atoms with Crippen LogP contribution in [-0.2, 0) is 14.3 Å². The zero-order valence-electron chi connectivity index (χ0n) is 12.3. The lowest BCUT2D eigenvalue weighted by Crippen LogP contribution is -2.13. The number of carboxylic acid groups (broad SMARTS) is 1. The minimum absolute atomic E-state index is 0.0173. The molecule has 6 nitrogen and oxygen atoms in total. The van der Waals surface area contributed by atoms with Crippen LogP contribution in [0.5, 0.6) is 0 Å². The van der Waals surface area contributed by atoms with E-state index in [4.69, 9.17) is 14.6 Å². The van der Waals surface area contributed by atoms with Gasteiger partial charge in [-0.3, -0.25) is 0 Å². The van der Waals surface area contributed by atoms with Gasteiger partial charge in [0.2, 0.25) is 0 Å². The molecule has 0 aromatic heterocycles. The molecule has 0 fully saturated rings. The highest BCUT2D eigenvalue weighted by Gasteiger charge is 2.16. The molecule has 0 aliphatic heterocycles. The quantitative estimate of drug-likeness (QED) is 0.451. The lowest BCUT2D eigenvalue weighted by atomic mass is 10.1. The van der Waals surface area contributed by atoms with Crippen molar-refractivity contribution in [3.8, 4) is 0 Å². The lowest BCUT2D eigenvalue weighted by molar-refractivity contribution is -0.139. The maximum absolute atomic E-state index is 11.8. The van der Waals surface area contributed by atoms with Gasteiger partial charge in [-0.15, -0.1) is 0 Å². The number of hydrogen-bond donors (Lipinski definition) is 1. The molecule has 1 N–H and O–H groups in total. The summed E-state index contributed by atoms with van der Waals surface area (Å²) in [6, 6.07) is 5.85. The molecule has 0 aliphatic carbocycles. The highest BCUT2D eigenvalue weighted by Crippen LogP contribution is 2.10. The van der Waals surface area contributed by atoms with Crippen LogP contribution in [0.2, 0.25) is 0 Å². The third kappa shape index (κ3) is 5.40. The van der Waals surface area contributed by atoms with E-state index in [-0.39, 0.29) is 24.3 Å². The molecule has 0 saturated heterocycles. The molecule has 22 heavy (non-hydrogen) atoms. The summed E-state index contributed by atoms with van der Waals surface area (Å²) in [4.78, 5) is 33.9. The first kappa shape index (κ1) is 17.4. The first-order valence-corrected chi connectivity index (χ1v) is 6.75. The molecule has 1 rings (SSSR count). The number of carboxylic acids is 1. The molecular formula is C16H18O6. The highest BCUT2D eigenvalue weighted by atomic mass is 16.5. The van der Waals surface area contributed by atoms with Crippen LogP contribution in [-0.4, -0.2) is 36.2 Å². The molecule has 0 atom stereocenters. The standard InChI is InChI=1S/C16H18O6/c1-11(2)15(19)21-9-5-6-10-22-16(20)13-8-4-3-7-12(13)14(17)18/h3-4,7-8H,1,5-6,9-10H2,2H3,(H,17,18). The number of hydrogen-bond acceptors (Lipinski definition) is 5. The van der Waals surface area contributed by atoms with Crippen molar-refractivity contribution in [1.29, 1.82) is 0 Å². The van der Waals surface area contributed by atoms with E-state index < -0.39 is 17.9 Å². The van der Waals surface area contributed by atoms with E-state index in [2.05, 4.69) is 6.58 Å². The number of ether oxygens (including phenoxy) is 2. The van der Waals surface area contributed by atoms with Crippen LogP contribution in [0.25, 0.3) is 0 Å². The van der Waals surface area contributed by atoms with E-state index in [1.165, 1.54) is 18.2 Å². The molecule has 0 unspecified atom stereocenters. The number of aromatic carboxylic acids is 1. The lowest BCUT2D eigenvalue weighted by Gasteiger charge is -2.07. The zero-order chi connectivity index (χ0) is 16.5. The summed E-state index contributed by atoms with van der Waals surface area (Å²) in [5.74, 6) is -2.32. The minimum Gasteiger partial charge on any atom is -0.478 e. The fraction of sp³-hybridized carbons (Fsp3) is 0.312. The highest BCUT2D eigenvalue weighted by molar-refractivity contribution is 6.02. The van der Waals surface area contributed by atoms with Crippen LogP contribution in [0.1, 0.15) is 40.5 Å². The van der Waals surface area contributed by atoms with Crippen molar-refractivity contribution in [2.45, 2.75) is 19.8 Å². The van der Waals surface area contributed by atoms with Crippen molar-refractivity contribution >= 4 is 17.9 Å². The van der Waals surface area contributed by atoms with Crippen molar-refractivity contribution in [3.05, 3.63) is 47.5 Å². The van der Waals surface area contributed by atoms with E-state index in [9.17, 15) is 14.4 Å². The maximum atomic E-state index is 11.8. The van der Waals surface area contributed by atoms with E-state index in [1.54, 1.807) is 13.0 Å². The second kappa shape index (κ2) is 8.61. The Morgan fingerprint density at radius 3 is 2.14 bits per heavy atom. The van der Waals surface area contributed by atoms with Gasteiger partial charge in [0.1, 0.15) is 0 Å². The second-order valence-electron chi connectivity index (χ2n) is 4.61. The van der Waals surface area contributed by atoms with E-state index in [1.807, 2.05) is 0 Å². The van der Waals surface area contributed by atoms with Crippen LogP contribution < -0.4 is 0 Å². The van der Waals surface area contributed by atoms with E-state index >= 15 is 0 Å². The van der Waals surface area contributed by atoms with Gasteiger partial charge < -0.3 is 14.6 Å². The van der Waals surface area contributed by atoms with Gasteiger partial charge in [-0.05, 0) is 31.9 Å². The Hall–Kier alpha value is -2.63. The van der Waals surface area contributed by atoms with Crippen molar-refractivity contribution in [2.75, 3.05) is 13.2 Å². The average molecular weight is 306 g/mol. The smallest absolute Gasteiger partial charge is 0.339 e. The monoisotopic (exact) mass is 306 g/mol. The summed E-state index contributed by atoms with van der Waals surface area (Å²) >= 11 is 0. The van der Waals surface area contributed by atoms with Gasteiger partial charge in [-0.25, -0.2) is 14.4 Å². The van der Waals surface area contributed by atoms with Gasteiger partial charge >= 0.3 is 17.9 Å². The number of unbranched alkanes of at least 4 members (excludes halogenated alkanes) is 1. The fourth-order valence-corrected chi connectivity index (χ4v) is 1.58. The second-order valence-corrected chi connectivity index (χ2v) is 4.61. The summed E-state index contributed by atoms with van der Waals surface area (Å²) in [6.45, 7) is 5.36. The summed E-state index contributed by atoms with van der Waals surface area (Å²) in [5, 5.41) is 8.99. The van der Waals surface area contributed by atoms with Gasteiger partial charge in [0.15, 0.2) is 0 Å². The molecule has 0 spiro atoms. The van der Waals surface area contributed by atoms with E-state index in [0.717, 1.165) is 0 Å². The number of carbonyl (C=O) groups excluding carboxylic acids is 2. The Morgan fingerprint density at radius 2 is 1.59 bits per heavy atom. The first-order valence-electron chi connectivity index (χ1n) is 6.75. The number of benzene rings is 1. The van der Waals surface area contributed by atoms with Gasteiger partial charge in [0.05, 0.1) is 24.3 Å². The Balaban J connectivity index is 2.34. The molecule has 0 heterocycles. The number of carbonyl (C=O) groups is 3. The van der Waals surface area contributed by atoms with E-state index in [0.29, 0.717) is 18.4 Å². The predicted molar refractivity (Wildman–Crippen MR) is 78.7 cm³/mol. The van der Waals surface area contributed by atoms with Gasteiger partial charge in [-0.1, -0.05) is 18.7 Å². The molecule has 0 radical (unpaired) electrons. The molecule has 0 aliphatic rings. The maximum Gasteiger partial charge on any atom is 0.339 e. The normalized spacial score (nSPS) is 9.86. The van der Waals surface area contributed by atoms with Crippen LogP contribution in [0.4, 0.5) is 0 Å². The molecule has 1 aromatic carbocycles. The van der Waals surface area contributed by atoms with Crippen LogP contribution in [0, 0.1) is 0 Å². The third-order valence-corrected chi connectivity index (χ3v) is 2.73. The molecule has 118 valence electrons. The number of rotatable bonds is 8. The van der Waals surface area contributed by atoms with Crippen molar-refractivity contribution in [1.82, 2.24) is 0 Å². The van der Waals surface area contributed by atoms with Crippen LogP contribution in [0.15, 0.2) is 36.4 Å². The van der Waals surface area contributed by atoms with Gasteiger partial charge in [0, 0.05) is 5.57 Å². The third-order valence-electron chi connectivity index (χ3n) is 2.73. The molecule has 0 saturated carbocycles. The molecular weight excluding hydrogens is 288 g/mol. The minimum atomic E-state index is -1.18. The van der Waals surface area contributed by atoms with Crippen molar-refractivity contribution in [3.63, 3.8) is 0 Å². The van der Waals surface area contributed by atoms with Gasteiger partial charge in [-0.2, -0.15) is 0 Å². The fourth-order valence-electron chi connectivity index (χ4n) is 1.58. The number of esters is 2. The molecule has 0 bridgehead atoms.